The van der Waals surface area contributed by atoms with Gasteiger partial charge in [0.25, 0.3) is 0 Å². The second-order valence-electron chi connectivity index (χ2n) is 7.98. The molecule has 0 spiro atoms. The summed E-state index contributed by atoms with van der Waals surface area (Å²) in [5, 5.41) is -0.244. The zero-order chi connectivity index (χ0) is 17.3. The van der Waals surface area contributed by atoms with Gasteiger partial charge in [-0.1, -0.05) is 0 Å². The molecule has 136 valence electrons. The summed E-state index contributed by atoms with van der Waals surface area (Å²) in [7, 11) is -3.30. The standard InChI is InChI=1S/C18H22F2N2O2S/c19-13-7-12(8-14(20)9-13)16-10-22(25(23,24)15-1-2-15)17-11-3-5-21(6-4-11)18(16)17/h7-9,11,15-18H,1-6,10H2/t16-,17+,18+/m0/s1. The third-order valence-corrected chi connectivity index (χ3v) is 8.90. The first-order valence-corrected chi connectivity index (χ1v) is 10.7. The van der Waals surface area contributed by atoms with Crippen LogP contribution in [0.1, 0.15) is 37.2 Å². The third kappa shape index (κ3) is 2.46. The van der Waals surface area contributed by atoms with E-state index in [1.54, 1.807) is 4.31 Å². The highest BCUT2D eigenvalue weighted by molar-refractivity contribution is 7.90. The van der Waals surface area contributed by atoms with Crippen molar-refractivity contribution in [3.63, 3.8) is 0 Å². The van der Waals surface area contributed by atoms with E-state index in [-0.39, 0.29) is 23.3 Å². The van der Waals surface area contributed by atoms with Crippen molar-refractivity contribution in [2.45, 2.75) is 48.9 Å². The fourth-order valence-electron chi connectivity index (χ4n) is 5.30. The van der Waals surface area contributed by atoms with Crippen LogP contribution in [-0.2, 0) is 10.0 Å². The Morgan fingerprint density at radius 2 is 1.56 bits per heavy atom. The van der Waals surface area contributed by atoms with Crippen LogP contribution in [0.25, 0.3) is 0 Å². The second kappa shape index (κ2) is 5.47. The first-order valence-electron chi connectivity index (χ1n) is 9.16. The van der Waals surface area contributed by atoms with Gasteiger partial charge >= 0.3 is 0 Å². The summed E-state index contributed by atoms with van der Waals surface area (Å²) >= 11 is 0. The van der Waals surface area contributed by atoms with Crippen molar-refractivity contribution in [3.05, 3.63) is 35.4 Å². The molecule has 5 aliphatic rings. The molecule has 7 heteroatoms. The van der Waals surface area contributed by atoms with E-state index in [2.05, 4.69) is 4.90 Å². The molecule has 0 N–H and O–H groups in total. The van der Waals surface area contributed by atoms with E-state index in [1.807, 2.05) is 0 Å². The summed E-state index contributed by atoms with van der Waals surface area (Å²) in [6, 6.07) is 3.64. The molecule has 0 aromatic heterocycles. The van der Waals surface area contributed by atoms with Gasteiger partial charge < -0.3 is 0 Å². The van der Waals surface area contributed by atoms with Crippen molar-refractivity contribution in [1.82, 2.24) is 9.21 Å². The Morgan fingerprint density at radius 3 is 2.16 bits per heavy atom. The number of fused-ring (bicyclic) bond motifs is 2. The summed E-state index contributed by atoms with van der Waals surface area (Å²) in [5.74, 6) is -0.976. The van der Waals surface area contributed by atoms with Gasteiger partial charge in [0.05, 0.1) is 5.25 Å². The van der Waals surface area contributed by atoms with Gasteiger partial charge in [-0.3, -0.25) is 4.90 Å². The lowest BCUT2D eigenvalue weighted by molar-refractivity contribution is 0.0122. The third-order valence-electron chi connectivity index (χ3n) is 6.54. The summed E-state index contributed by atoms with van der Waals surface area (Å²) in [6.45, 7) is 2.26. The zero-order valence-corrected chi connectivity index (χ0v) is 14.8. The Kier molecular flexibility index (Phi) is 3.53. The SMILES string of the molecule is O=S(=O)(C1CC1)N1C[C@@H](c2cc(F)cc(F)c2)[C@@H]2[C@H]1C1CCN2CC1. The van der Waals surface area contributed by atoms with Gasteiger partial charge in [0.15, 0.2) is 0 Å². The minimum absolute atomic E-state index is 0.0376. The van der Waals surface area contributed by atoms with Crippen LogP contribution in [0.3, 0.4) is 0 Å². The van der Waals surface area contributed by atoms with E-state index >= 15 is 0 Å². The lowest BCUT2D eigenvalue weighted by Crippen LogP contribution is -2.61. The number of piperidine rings is 3. The van der Waals surface area contributed by atoms with E-state index in [0.29, 0.717) is 18.0 Å². The molecular weight excluding hydrogens is 346 g/mol. The molecule has 0 radical (unpaired) electrons. The summed E-state index contributed by atoms with van der Waals surface area (Å²) < 4.78 is 55.3. The number of hydrogen-bond donors (Lipinski definition) is 0. The highest BCUT2D eigenvalue weighted by Crippen LogP contribution is 2.49. The Hall–Kier alpha value is -1.05. The van der Waals surface area contributed by atoms with Crippen molar-refractivity contribution < 1.29 is 17.2 Å². The topological polar surface area (TPSA) is 40.6 Å². The van der Waals surface area contributed by atoms with Crippen LogP contribution in [0.2, 0.25) is 0 Å². The fraction of sp³-hybridized carbons (Fsp3) is 0.667. The summed E-state index contributed by atoms with van der Waals surface area (Å²) in [4.78, 5) is 2.35. The molecule has 0 amide bonds. The zero-order valence-electron chi connectivity index (χ0n) is 13.9. The van der Waals surface area contributed by atoms with Crippen LogP contribution in [0.5, 0.6) is 0 Å². The predicted octanol–water partition coefficient (Wildman–Crippen LogP) is 2.32. The predicted molar refractivity (Wildman–Crippen MR) is 89.6 cm³/mol. The van der Waals surface area contributed by atoms with E-state index < -0.39 is 21.7 Å². The van der Waals surface area contributed by atoms with Gasteiger partial charge in [0, 0.05) is 30.6 Å². The lowest BCUT2D eigenvalue weighted by atomic mass is 9.75. The monoisotopic (exact) mass is 368 g/mol. The van der Waals surface area contributed by atoms with E-state index in [9.17, 15) is 17.2 Å². The summed E-state index contributed by atoms with van der Waals surface area (Å²) in [6.07, 6.45) is 3.51. The van der Waals surface area contributed by atoms with Crippen molar-refractivity contribution in [2.24, 2.45) is 5.92 Å². The van der Waals surface area contributed by atoms with Crippen molar-refractivity contribution in [3.8, 4) is 0 Å². The van der Waals surface area contributed by atoms with Gasteiger partial charge in [0.1, 0.15) is 11.6 Å². The Bertz CT molecular complexity index is 783. The van der Waals surface area contributed by atoms with Crippen LogP contribution in [0.4, 0.5) is 8.78 Å². The van der Waals surface area contributed by atoms with Gasteiger partial charge in [-0.25, -0.2) is 17.2 Å². The molecule has 4 aliphatic heterocycles. The molecule has 6 rings (SSSR count). The molecule has 4 nitrogen and oxygen atoms in total. The fourth-order valence-corrected chi connectivity index (χ4v) is 7.42. The van der Waals surface area contributed by atoms with E-state index in [0.717, 1.165) is 44.8 Å². The largest absolute Gasteiger partial charge is 0.298 e. The van der Waals surface area contributed by atoms with Gasteiger partial charge in [-0.15, -0.1) is 0 Å². The smallest absolute Gasteiger partial charge is 0.217 e. The van der Waals surface area contributed by atoms with Crippen LogP contribution < -0.4 is 0 Å². The molecule has 25 heavy (non-hydrogen) atoms. The van der Waals surface area contributed by atoms with Crippen molar-refractivity contribution in [1.29, 1.82) is 0 Å². The van der Waals surface area contributed by atoms with E-state index in [4.69, 9.17) is 0 Å². The van der Waals surface area contributed by atoms with Crippen LogP contribution >= 0.6 is 0 Å². The van der Waals surface area contributed by atoms with Gasteiger partial charge in [-0.05, 0) is 62.4 Å². The highest BCUT2D eigenvalue weighted by Gasteiger charge is 2.58. The molecule has 4 heterocycles. The van der Waals surface area contributed by atoms with Crippen LogP contribution in [-0.4, -0.2) is 54.6 Å². The maximum absolute atomic E-state index is 13.8. The molecule has 2 bridgehead atoms. The Labute approximate surface area is 146 Å². The molecule has 3 atom stereocenters. The molecule has 1 aliphatic carbocycles. The second-order valence-corrected chi connectivity index (χ2v) is 10.1. The van der Waals surface area contributed by atoms with Crippen LogP contribution in [0.15, 0.2) is 18.2 Å². The quantitative estimate of drug-likeness (QED) is 0.822. The molecule has 1 aromatic rings. The number of halogens is 2. The Balaban J connectivity index is 1.58. The maximum atomic E-state index is 13.8. The number of hydrogen-bond acceptors (Lipinski definition) is 3. The van der Waals surface area contributed by atoms with Gasteiger partial charge in [-0.2, -0.15) is 4.31 Å². The lowest BCUT2D eigenvalue weighted by Gasteiger charge is -2.51. The van der Waals surface area contributed by atoms with Gasteiger partial charge in [0.2, 0.25) is 10.0 Å². The van der Waals surface area contributed by atoms with Crippen molar-refractivity contribution >= 4 is 10.0 Å². The normalized spacial score (nSPS) is 38.1. The molecule has 5 fully saturated rings. The Morgan fingerprint density at radius 1 is 0.920 bits per heavy atom. The summed E-state index contributed by atoms with van der Waals surface area (Å²) in [5.41, 5.74) is 0.591. The number of nitrogens with zero attached hydrogens (tertiary/aromatic N) is 2. The minimum atomic E-state index is -3.30. The number of benzene rings is 1. The number of rotatable bonds is 3. The molecular formula is C18H22F2N2O2S. The average molecular weight is 368 g/mol. The number of sulfonamides is 1. The first-order chi connectivity index (χ1) is 11.9. The molecule has 1 saturated carbocycles. The first kappa shape index (κ1) is 16.1. The van der Waals surface area contributed by atoms with Crippen molar-refractivity contribution in [2.75, 3.05) is 19.6 Å². The molecule has 0 unspecified atom stereocenters. The minimum Gasteiger partial charge on any atom is -0.298 e. The highest BCUT2D eigenvalue weighted by atomic mass is 32.2. The molecule has 1 aromatic carbocycles. The van der Waals surface area contributed by atoms with Crippen LogP contribution in [0, 0.1) is 17.6 Å². The molecule has 4 saturated heterocycles. The average Bonchev–Trinajstić information content (AvgIpc) is 3.34. The maximum Gasteiger partial charge on any atom is 0.217 e. The van der Waals surface area contributed by atoms with E-state index in [1.165, 1.54) is 12.1 Å².